The number of ether oxygens (including phenoxy) is 3. The zero-order valence-corrected chi connectivity index (χ0v) is 10.6. The van der Waals surface area contributed by atoms with Crippen LogP contribution < -0.4 is 0 Å². The van der Waals surface area contributed by atoms with Gasteiger partial charge in [0.05, 0.1) is 7.11 Å². The van der Waals surface area contributed by atoms with Crippen molar-refractivity contribution in [3.05, 3.63) is 0 Å². The van der Waals surface area contributed by atoms with Crippen LogP contribution in [0.4, 0.5) is 9.59 Å². The number of carboxylic acid groups (broad SMARTS) is 1. The van der Waals surface area contributed by atoms with E-state index in [9.17, 15) is 9.59 Å². The van der Waals surface area contributed by atoms with Gasteiger partial charge >= 0.3 is 12.3 Å². The summed E-state index contributed by atoms with van der Waals surface area (Å²) in [5, 5.41) is 8.67. The Morgan fingerprint density at radius 2 is 1.41 bits per heavy atom. The summed E-state index contributed by atoms with van der Waals surface area (Å²) in [7, 11) is 1.23. The molecule has 0 aliphatic heterocycles. The van der Waals surface area contributed by atoms with Gasteiger partial charge in [0, 0.05) is 10.8 Å². The van der Waals surface area contributed by atoms with Gasteiger partial charge in [-0.05, 0) is 0 Å². The van der Waals surface area contributed by atoms with Crippen LogP contribution in [0, 0.1) is 10.8 Å². The Balaban J connectivity index is 2.82. The van der Waals surface area contributed by atoms with Gasteiger partial charge in [-0.1, -0.05) is 27.7 Å². The zero-order valence-electron chi connectivity index (χ0n) is 10.6. The fourth-order valence-electron chi connectivity index (χ4n) is 2.95. The zero-order chi connectivity index (χ0) is 13.4. The molecular weight excluding hydrogens is 228 g/mol. The SMILES string of the molecule is COC(=O)OC1C(C)(C)C(OC(=O)O)C1(C)C. The van der Waals surface area contributed by atoms with Crippen LogP contribution in [-0.2, 0) is 14.2 Å². The van der Waals surface area contributed by atoms with Gasteiger partial charge in [-0.2, -0.15) is 0 Å². The van der Waals surface area contributed by atoms with E-state index in [0.717, 1.165) is 0 Å². The van der Waals surface area contributed by atoms with Crippen molar-refractivity contribution in [2.75, 3.05) is 7.11 Å². The summed E-state index contributed by atoms with van der Waals surface area (Å²) < 4.78 is 14.4. The van der Waals surface area contributed by atoms with Crippen LogP contribution in [-0.4, -0.2) is 36.7 Å². The third kappa shape index (κ3) is 2.16. The summed E-state index contributed by atoms with van der Waals surface area (Å²) >= 11 is 0. The van der Waals surface area contributed by atoms with E-state index in [1.54, 1.807) is 27.7 Å². The molecule has 17 heavy (non-hydrogen) atoms. The summed E-state index contributed by atoms with van der Waals surface area (Å²) in [5.74, 6) is 0. The first-order valence-electron chi connectivity index (χ1n) is 5.28. The molecule has 0 amide bonds. The van der Waals surface area contributed by atoms with Gasteiger partial charge in [0.25, 0.3) is 0 Å². The quantitative estimate of drug-likeness (QED) is 0.752. The molecule has 0 aromatic heterocycles. The first kappa shape index (κ1) is 13.6. The molecule has 1 aliphatic rings. The molecule has 1 aliphatic carbocycles. The lowest BCUT2D eigenvalue weighted by atomic mass is 9.51. The maximum absolute atomic E-state index is 11.1. The highest BCUT2D eigenvalue weighted by Gasteiger charge is 2.66. The minimum Gasteiger partial charge on any atom is -0.450 e. The highest BCUT2D eigenvalue weighted by atomic mass is 16.7. The molecule has 0 aromatic rings. The fraction of sp³-hybridized carbons (Fsp3) is 0.818. The lowest BCUT2D eigenvalue weighted by Gasteiger charge is -2.60. The predicted molar refractivity (Wildman–Crippen MR) is 57.7 cm³/mol. The second kappa shape index (κ2) is 4.09. The van der Waals surface area contributed by atoms with Gasteiger partial charge in [0.1, 0.15) is 12.2 Å². The third-order valence-corrected chi connectivity index (χ3v) is 3.30. The van der Waals surface area contributed by atoms with E-state index in [1.165, 1.54) is 7.11 Å². The Labute approximate surface area is 99.8 Å². The smallest absolute Gasteiger partial charge is 0.450 e. The van der Waals surface area contributed by atoms with E-state index < -0.39 is 35.3 Å². The molecule has 1 N–H and O–H groups in total. The summed E-state index contributed by atoms with van der Waals surface area (Å²) in [6.07, 6.45) is -3.08. The molecule has 0 aromatic carbocycles. The lowest BCUT2D eigenvalue weighted by molar-refractivity contribution is -0.253. The molecule has 1 saturated carbocycles. The standard InChI is InChI=1S/C11H18O6/c1-10(2)6(16-8(12)13)11(3,4)7(10)17-9(14)15-5/h6-7H,1-5H3,(H,12,13). The van der Waals surface area contributed by atoms with Crippen LogP contribution in [0.15, 0.2) is 0 Å². The maximum Gasteiger partial charge on any atom is 0.508 e. The second-order valence-electron chi connectivity index (χ2n) is 5.36. The van der Waals surface area contributed by atoms with Crippen molar-refractivity contribution < 1.29 is 28.9 Å². The molecule has 0 spiro atoms. The Morgan fingerprint density at radius 1 is 1.00 bits per heavy atom. The third-order valence-electron chi connectivity index (χ3n) is 3.30. The van der Waals surface area contributed by atoms with Crippen molar-refractivity contribution in [1.29, 1.82) is 0 Å². The van der Waals surface area contributed by atoms with Crippen molar-refractivity contribution in [2.24, 2.45) is 10.8 Å². The molecule has 1 rings (SSSR count). The summed E-state index contributed by atoms with van der Waals surface area (Å²) in [4.78, 5) is 21.7. The van der Waals surface area contributed by atoms with E-state index in [0.29, 0.717) is 0 Å². The number of rotatable bonds is 2. The van der Waals surface area contributed by atoms with Crippen LogP contribution in [0.1, 0.15) is 27.7 Å². The molecule has 6 heteroatoms. The molecular formula is C11H18O6. The number of carbonyl (C=O) groups excluding carboxylic acids is 1. The Kier molecular flexibility index (Phi) is 3.27. The molecule has 98 valence electrons. The average Bonchev–Trinajstić information content (AvgIpc) is 2.21. The number of methoxy groups -OCH3 is 1. The van der Waals surface area contributed by atoms with Crippen molar-refractivity contribution in [3.63, 3.8) is 0 Å². The predicted octanol–water partition coefficient (Wildman–Crippen LogP) is 2.27. The van der Waals surface area contributed by atoms with Crippen LogP contribution in [0.3, 0.4) is 0 Å². The van der Waals surface area contributed by atoms with Crippen molar-refractivity contribution in [3.8, 4) is 0 Å². The normalized spacial score (nSPS) is 28.8. The molecule has 0 saturated heterocycles. The first-order chi connectivity index (χ1) is 7.64. The first-order valence-corrected chi connectivity index (χ1v) is 5.28. The van der Waals surface area contributed by atoms with E-state index in [1.807, 2.05) is 0 Å². The van der Waals surface area contributed by atoms with E-state index >= 15 is 0 Å². The van der Waals surface area contributed by atoms with Gasteiger partial charge in [-0.3, -0.25) is 0 Å². The Bertz CT molecular complexity index is 317. The maximum atomic E-state index is 11.1. The van der Waals surface area contributed by atoms with Crippen LogP contribution in [0.2, 0.25) is 0 Å². The van der Waals surface area contributed by atoms with Crippen LogP contribution in [0.5, 0.6) is 0 Å². The number of hydrogen-bond acceptors (Lipinski definition) is 5. The van der Waals surface area contributed by atoms with E-state index in [-0.39, 0.29) is 0 Å². The van der Waals surface area contributed by atoms with Gasteiger partial charge in [-0.15, -0.1) is 0 Å². The van der Waals surface area contributed by atoms with Gasteiger partial charge in [0.2, 0.25) is 0 Å². The van der Waals surface area contributed by atoms with Crippen LogP contribution >= 0.6 is 0 Å². The van der Waals surface area contributed by atoms with Crippen LogP contribution in [0.25, 0.3) is 0 Å². The minimum atomic E-state index is -1.33. The van der Waals surface area contributed by atoms with Crippen molar-refractivity contribution in [2.45, 2.75) is 39.9 Å². The monoisotopic (exact) mass is 246 g/mol. The second-order valence-corrected chi connectivity index (χ2v) is 5.36. The highest BCUT2D eigenvalue weighted by Crippen LogP contribution is 2.57. The summed E-state index contributed by atoms with van der Waals surface area (Å²) in [6.45, 7) is 7.16. The van der Waals surface area contributed by atoms with Gasteiger partial charge in [0.15, 0.2) is 0 Å². The average molecular weight is 246 g/mol. The molecule has 0 bridgehead atoms. The van der Waals surface area contributed by atoms with Crippen molar-refractivity contribution >= 4 is 12.3 Å². The molecule has 0 radical (unpaired) electrons. The van der Waals surface area contributed by atoms with E-state index in [2.05, 4.69) is 4.74 Å². The van der Waals surface area contributed by atoms with Crippen molar-refractivity contribution in [1.82, 2.24) is 0 Å². The minimum absolute atomic E-state index is 0.452. The largest absolute Gasteiger partial charge is 0.508 e. The molecule has 1 fully saturated rings. The lowest BCUT2D eigenvalue weighted by Crippen LogP contribution is -2.69. The number of carbonyl (C=O) groups is 2. The molecule has 6 nitrogen and oxygen atoms in total. The van der Waals surface area contributed by atoms with E-state index in [4.69, 9.17) is 14.6 Å². The number of hydrogen-bond donors (Lipinski definition) is 1. The molecule has 0 unspecified atom stereocenters. The molecule has 0 heterocycles. The summed E-state index contributed by atoms with van der Waals surface area (Å²) in [6, 6.07) is 0. The Morgan fingerprint density at radius 3 is 1.76 bits per heavy atom. The van der Waals surface area contributed by atoms with Gasteiger partial charge < -0.3 is 19.3 Å². The van der Waals surface area contributed by atoms with Gasteiger partial charge in [-0.25, -0.2) is 9.59 Å². The topological polar surface area (TPSA) is 82.1 Å². The molecule has 0 atom stereocenters. The highest BCUT2D eigenvalue weighted by molar-refractivity contribution is 5.61. The summed E-state index contributed by atoms with van der Waals surface area (Å²) in [5.41, 5.74) is -1.15. The Hall–Kier alpha value is -1.46. The fourth-order valence-corrected chi connectivity index (χ4v) is 2.95.